The lowest BCUT2D eigenvalue weighted by Crippen LogP contribution is -2.32. The number of fused-ring (bicyclic) bond motifs is 1. The van der Waals surface area contributed by atoms with Crippen LogP contribution in [0.3, 0.4) is 0 Å². The van der Waals surface area contributed by atoms with Crippen LogP contribution in [0.25, 0.3) is 0 Å². The van der Waals surface area contributed by atoms with Crippen LogP contribution >= 0.6 is 0 Å². The normalized spacial score (nSPS) is 22.8. The molecule has 2 N–H and O–H groups in total. The number of aromatic amines is 1. The summed E-state index contributed by atoms with van der Waals surface area (Å²) in [5, 5.41) is 3.00. The van der Waals surface area contributed by atoms with Crippen LogP contribution in [-0.2, 0) is 6.42 Å². The predicted molar refractivity (Wildman–Crippen MR) is 94.4 cm³/mol. The zero-order valence-corrected chi connectivity index (χ0v) is 14.3. The lowest BCUT2D eigenvalue weighted by Gasteiger charge is -2.21. The van der Waals surface area contributed by atoms with Gasteiger partial charge in [-0.05, 0) is 30.4 Å². The first-order chi connectivity index (χ1) is 11.5. The summed E-state index contributed by atoms with van der Waals surface area (Å²) in [7, 11) is 0. The Labute approximate surface area is 142 Å². The third-order valence-electron chi connectivity index (χ3n) is 5.09. The molecule has 126 valence electrons. The molecule has 5 heteroatoms. The highest BCUT2D eigenvalue weighted by Crippen LogP contribution is 2.32. The molecule has 0 unspecified atom stereocenters. The van der Waals surface area contributed by atoms with E-state index in [0.717, 1.165) is 37.4 Å². The topological polar surface area (TPSA) is 61.0 Å². The molecule has 2 aliphatic heterocycles. The monoisotopic (exact) mass is 324 g/mol. The maximum Gasteiger partial charge on any atom is 0.271 e. The second-order valence-corrected chi connectivity index (χ2v) is 7.74. The maximum absolute atomic E-state index is 12.3. The minimum absolute atomic E-state index is 0.0454. The lowest BCUT2D eigenvalue weighted by molar-refractivity contribution is 0.0940. The Bertz CT molecular complexity index is 750. The highest BCUT2D eigenvalue weighted by atomic mass is 16.1. The Kier molecular flexibility index (Phi) is 3.59. The maximum atomic E-state index is 12.3. The standard InChI is InChI=1S/C19H24N4O/c1-19(2)10-15-16(18(24)20-12-19)22-17(21-15)13-8-9-23(11-13)14-6-4-3-5-7-14/h3-7,13H,8-12H2,1-2H3,(H,20,24)(H,21,22)/t13-/m0/s1. The van der Waals surface area contributed by atoms with Gasteiger partial charge < -0.3 is 15.2 Å². The van der Waals surface area contributed by atoms with Gasteiger partial charge in [0.05, 0.1) is 0 Å². The quantitative estimate of drug-likeness (QED) is 0.893. The van der Waals surface area contributed by atoms with Gasteiger partial charge in [0, 0.05) is 36.9 Å². The zero-order chi connectivity index (χ0) is 16.7. The lowest BCUT2D eigenvalue weighted by atomic mass is 9.88. The fraction of sp³-hybridized carbons (Fsp3) is 0.474. The molecule has 1 amide bonds. The first-order valence-electron chi connectivity index (χ1n) is 8.69. The summed E-state index contributed by atoms with van der Waals surface area (Å²) in [6, 6.07) is 10.5. The second kappa shape index (κ2) is 5.65. The Hall–Kier alpha value is -2.30. The molecule has 3 heterocycles. The van der Waals surface area contributed by atoms with Crippen molar-refractivity contribution >= 4 is 11.6 Å². The number of para-hydroxylation sites is 1. The van der Waals surface area contributed by atoms with Crippen molar-refractivity contribution in [2.45, 2.75) is 32.6 Å². The Morgan fingerprint density at radius 3 is 2.83 bits per heavy atom. The Morgan fingerprint density at radius 2 is 2.04 bits per heavy atom. The number of benzene rings is 1. The molecule has 0 saturated carbocycles. The van der Waals surface area contributed by atoms with Crippen LogP contribution in [0.1, 0.15) is 48.2 Å². The van der Waals surface area contributed by atoms with Gasteiger partial charge in [-0.3, -0.25) is 4.79 Å². The van der Waals surface area contributed by atoms with Gasteiger partial charge in [-0.1, -0.05) is 32.0 Å². The number of hydrogen-bond acceptors (Lipinski definition) is 3. The first kappa shape index (κ1) is 15.2. The fourth-order valence-electron chi connectivity index (χ4n) is 3.74. The number of carbonyl (C=O) groups excluding carboxylic acids is 1. The third-order valence-corrected chi connectivity index (χ3v) is 5.09. The molecule has 4 rings (SSSR count). The SMILES string of the molecule is CC1(C)CNC(=O)c2nc([C@H]3CCN(c4ccccc4)C3)[nH]c2C1. The van der Waals surface area contributed by atoms with E-state index in [4.69, 9.17) is 0 Å². The summed E-state index contributed by atoms with van der Waals surface area (Å²) < 4.78 is 0. The van der Waals surface area contributed by atoms with Crippen molar-refractivity contribution in [1.82, 2.24) is 15.3 Å². The van der Waals surface area contributed by atoms with Gasteiger partial charge in [0.25, 0.3) is 5.91 Å². The number of carbonyl (C=O) groups is 1. The molecular weight excluding hydrogens is 300 g/mol. The summed E-state index contributed by atoms with van der Waals surface area (Å²) >= 11 is 0. The van der Waals surface area contributed by atoms with E-state index in [0.29, 0.717) is 18.2 Å². The molecule has 0 bridgehead atoms. The average molecular weight is 324 g/mol. The van der Waals surface area contributed by atoms with Crippen molar-refractivity contribution in [1.29, 1.82) is 0 Å². The molecule has 0 radical (unpaired) electrons. The molecule has 1 aromatic heterocycles. The molecule has 1 atom stereocenters. The minimum Gasteiger partial charge on any atom is -0.371 e. The van der Waals surface area contributed by atoms with E-state index >= 15 is 0 Å². The average Bonchev–Trinajstić information content (AvgIpc) is 3.18. The number of aromatic nitrogens is 2. The van der Waals surface area contributed by atoms with E-state index in [1.165, 1.54) is 5.69 Å². The van der Waals surface area contributed by atoms with Gasteiger partial charge in [-0.2, -0.15) is 0 Å². The Morgan fingerprint density at radius 1 is 1.25 bits per heavy atom. The van der Waals surface area contributed by atoms with Crippen LogP contribution in [0.2, 0.25) is 0 Å². The van der Waals surface area contributed by atoms with Crippen LogP contribution in [0, 0.1) is 5.41 Å². The van der Waals surface area contributed by atoms with Gasteiger partial charge >= 0.3 is 0 Å². The van der Waals surface area contributed by atoms with E-state index in [9.17, 15) is 4.79 Å². The number of imidazole rings is 1. The van der Waals surface area contributed by atoms with Crippen LogP contribution < -0.4 is 10.2 Å². The largest absolute Gasteiger partial charge is 0.371 e. The molecule has 5 nitrogen and oxygen atoms in total. The van der Waals surface area contributed by atoms with E-state index < -0.39 is 0 Å². The number of H-pyrrole nitrogens is 1. The zero-order valence-electron chi connectivity index (χ0n) is 14.3. The second-order valence-electron chi connectivity index (χ2n) is 7.74. The summed E-state index contributed by atoms with van der Waals surface area (Å²) in [5.74, 6) is 1.27. The van der Waals surface area contributed by atoms with Crippen LogP contribution in [0.15, 0.2) is 30.3 Å². The molecule has 0 aliphatic carbocycles. The molecule has 24 heavy (non-hydrogen) atoms. The van der Waals surface area contributed by atoms with Crippen molar-refractivity contribution in [3.63, 3.8) is 0 Å². The number of hydrogen-bond donors (Lipinski definition) is 2. The summed E-state index contributed by atoms with van der Waals surface area (Å²) in [6.07, 6.45) is 1.91. The molecular formula is C19H24N4O. The molecule has 2 aromatic rings. The van der Waals surface area contributed by atoms with E-state index in [-0.39, 0.29) is 11.3 Å². The number of amides is 1. The number of anilines is 1. The third kappa shape index (κ3) is 2.79. The number of rotatable bonds is 2. The highest BCUT2D eigenvalue weighted by Gasteiger charge is 2.33. The summed E-state index contributed by atoms with van der Waals surface area (Å²) in [6.45, 7) is 7.01. The van der Waals surface area contributed by atoms with Gasteiger partial charge in [0.1, 0.15) is 11.5 Å². The van der Waals surface area contributed by atoms with Crippen LogP contribution in [0.4, 0.5) is 5.69 Å². The minimum atomic E-state index is -0.0454. The van der Waals surface area contributed by atoms with Gasteiger partial charge in [0.15, 0.2) is 0 Å². The number of nitrogens with zero attached hydrogens (tertiary/aromatic N) is 2. The van der Waals surface area contributed by atoms with Crippen LogP contribution in [-0.4, -0.2) is 35.5 Å². The molecule has 2 aliphatic rings. The smallest absolute Gasteiger partial charge is 0.271 e. The van der Waals surface area contributed by atoms with Crippen molar-refractivity contribution < 1.29 is 4.79 Å². The van der Waals surface area contributed by atoms with Crippen LogP contribution in [0.5, 0.6) is 0 Å². The molecule has 1 saturated heterocycles. The van der Waals surface area contributed by atoms with Gasteiger partial charge in [-0.15, -0.1) is 0 Å². The Balaban J connectivity index is 1.56. The van der Waals surface area contributed by atoms with E-state index in [1.54, 1.807) is 0 Å². The highest BCUT2D eigenvalue weighted by molar-refractivity contribution is 5.94. The van der Waals surface area contributed by atoms with E-state index in [2.05, 4.69) is 58.3 Å². The van der Waals surface area contributed by atoms with Gasteiger partial charge in [0.2, 0.25) is 0 Å². The fourth-order valence-corrected chi connectivity index (χ4v) is 3.74. The summed E-state index contributed by atoms with van der Waals surface area (Å²) in [5.41, 5.74) is 2.89. The molecule has 1 aromatic carbocycles. The predicted octanol–water partition coefficient (Wildman–Crippen LogP) is 2.72. The van der Waals surface area contributed by atoms with Crippen molar-refractivity contribution in [3.05, 3.63) is 47.5 Å². The van der Waals surface area contributed by atoms with E-state index in [1.807, 2.05) is 6.07 Å². The van der Waals surface area contributed by atoms with Crippen molar-refractivity contribution in [2.24, 2.45) is 5.41 Å². The van der Waals surface area contributed by atoms with Gasteiger partial charge in [-0.25, -0.2) is 4.98 Å². The summed E-state index contributed by atoms with van der Waals surface area (Å²) in [4.78, 5) is 22.8. The number of nitrogens with one attached hydrogen (secondary N) is 2. The molecule has 1 fully saturated rings. The van der Waals surface area contributed by atoms with Crippen molar-refractivity contribution in [2.75, 3.05) is 24.5 Å². The first-order valence-corrected chi connectivity index (χ1v) is 8.69. The van der Waals surface area contributed by atoms with Crippen molar-refractivity contribution in [3.8, 4) is 0 Å². The molecule has 0 spiro atoms.